The molecule has 0 bridgehead atoms. The van der Waals surface area contributed by atoms with Crippen LogP contribution in [0, 0.1) is 0 Å². The lowest BCUT2D eigenvalue weighted by atomic mass is 10.3. The van der Waals surface area contributed by atoms with Crippen molar-refractivity contribution in [3.63, 3.8) is 0 Å². The van der Waals surface area contributed by atoms with Gasteiger partial charge in [-0.05, 0) is 13.0 Å². The first-order valence-electron chi connectivity index (χ1n) is 6.07. The highest BCUT2D eigenvalue weighted by Gasteiger charge is 2.27. The average Bonchev–Trinajstić information content (AvgIpc) is 2.34. The number of rotatable bonds is 3. The molecule has 2 N–H and O–H groups in total. The summed E-state index contributed by atoms with van der Waals surface area (Å²) in [6.07, 6.45) is 1.32. The second-order valence-corrected chi connectivity index (χ2v) is 7.25. The molecule has 1 saturated heterocycles. The number of ether oxygens (including phenoxy) is 1. The second kappa shape index (κ2) is 5.87. The fraction of sp³-hybridized carbons (Fsp3) is 0.545. The molecule has 2 rings (SSSR count). The minimum atomic E-state index is -2.62. The quantitative estimate of drug-likeness (QED) is 0.495. The summed E-state index contributed by atoms with van der Waals surface area (Å²) < 4.78 is 23.6. The summed E-state index contributed by atoms with van der Waals surface area (Å²) in [5.41, 5.74) is 4.98. The maximum absolute atomic E-state index is 11.8. The molecule has 2 unspecified atom stereocenters. The van der Waals surface area contributed by atoms with E-state index in [0.717, 1.165) is 0 Å². The maximum Gasteiger partial charge on any atom is 0.349 e. The number of amidine groups is 1. The van der Waals surface area contributed by atoms with Gasteiger partial charge in [-0.2, -0.15) is 4.98 Å². The molecule has 0 radical (unpaired) electrons. The van der Waals surface area contributed by atoms with Crippen LogP contribution in [0.5, 0.6) is 0 Å². The summed E-state index contributed by atoms with van der Waals surface area (Å²) in [4.78, 5) is 19.5. The molecule has 110 valence electrons. The molecular formula is C11H17N4O4P. The van der Waals surface area contributed by atoms with Crippen molar-refractivity contribution in [2.24, 2.45) is 10.7 Å². The van der Waals surface area contributed by atoms with Gasteiger partial charge >= 0.3 is 5.69 Å². The highest BCUT2D eigenvalue weighted by molar-refractivity contribution is 7.58. The number of aliphatic imine (C=N–C) groups is 1. The van der Waals surface area contributed by atoms with E-state index < -0.39 is 13.1 Å². The molecule has 9 heteroatoms. The van der Waals surface area contributed by atoms with Crippen LogP contribution in [0.1, 0.15) is 6.92 Å². The van der Waals surface area contributed by atoms with Crippen molar-refractivity contribution in [2.75, 3.05) is 19.6 Å². The van der Waals surface area contributed by atoms with E-state index in [-0.39, 0.29) is 31.4 Å². The van der Waals surface area contributed by atoms with Crippen LogP contribution in [0.15, 0.2) is 22.1 Å². The number of nitrogens with zero attached hydrogens (tertiary/aromatic N) is 3. The minimum absolute atomic E-state index is 0.0641. The Morgan fingerprint density at radius 3 is 3.00 bits per heavy atom. The number of nitrogens with two attached hydrogens (primary N) is 1. The molecule has 1 aromatic rings. The van der Waals surface area contributed by atoms with Crippen molar-refractivity contribution in [3.05, 3.63) is 22.7 Å². The summed E-state index contributed by atoms with van der Waals surface area (Å²) in [5, 5.41) is 0. The average molecular weight is 300 g/mol. The van der Waals surface area contributed by atoms with E-state index in [4.69, 9.17) is 15.0 Å². The van der Waals surface area contributed by atoms with E-state index in [9.17, 15) is 9.36 Å². The van der Waals surface area contributed by atoms with Crippen LogP contribution in [0.2, 0.25) is 0 Å². The van der Waals surface area contributed by atoms with Gasteiger partial charge in [0, 0.05) is 12.9 Å². The molecule has 0 saturated carbocycles. The van der Waals surface area contributed by atoms with E-state index in [0.29, 0.717) is 5.84 Å². The van der Waals surface area contributed by atoms with Crippen molar-refractivity contribution in [2.45, 2.75) is 19.6 Å². The van der Waals surface area contributed by atoms with Crippen LogP contribution in [0.25, 0.3) is 0 Å². The Hall–Kier alpha value is -1.50. The molecule has 2 atom stereocenters. The lowest BCUT2D eigenvalue weighted by Gasteiger charge is -2.27. The molecule has 8 nitrogen and oxygen atoms in total. The zero-order chi connectivity index (χ0) is 14.8. The second-order valence-electron chi connectivity index (χ2n) is 4.70. The predicted molar refractivity (Wildman–Crippen MR) is 74.7 cm³/mol. The molecule has 1 aromatic heterocycles. The Bertz CT molecular complexity index is 611. The van der Waals surface area contributed by atoms with Gasteiger partial charge in [0.15, 0.2) is 5.82 Å². The van der Waals surface area contributed by atoms with Gasteiger partial charge in [-0.1, -0.05) is 0 Å². The largest absolute Gasteiger partial charge is 0.387 e. The molecule has 1 fully saturated rings. The predicted octanol–water partition coefficient (Wildman–Crippen LogP) is 0.533. The normalized spacial score (nSPS) is 27.5. The van der Waals surface area contributed by atoms with Crippen LogP contribution in [0.3, 0.4) is 0 Å². The van der Waals surface area contributed by atoms with E-state index >= 15 is 0 Å². The molecule has 0 amide bonds. The van der Waals surface area contributed by atoms with Crippen molar-refractivity contribution < 1.29 is 13.8 Å². The monoisotopic (exact) mass is 300 g/mol. The zero-order valence-corrected chi connectivity index (χ0v) is 12.2. The Kier molecular flexibility index (Phi) is 4.37. The maximum atomic E-state index is 11.8. The summed E-state index contributed by atoms with van der Waals surface area (Å²) in [7, 11) is -2.62. The number of aromatic nitrogens is 2. The number of hydrogen-bond acceptors (Lipinski definition) is 6. The Labute approximate surface area is 116 Å². The first kappa shape index (κ1) is 14.9. The topological polar surface area (TPSA) is 109 Å². The SMILES string of the molecule is CC(N)=Nc1ccn(CC2COP(C)(=O)CO2)c(=O)n1. The Morgan fingerprint density at radius 2 is 2.45 bits per heavy atom. The van der Waals surface area contributed by atoms with E-state index in [2.05, 4.69) is 9.98 Å². The summed E-state index contributed by atoms with van der Waals surface area (Å²) >= 11 is 0. The summed E-state index contributed by atoms with van der Waals surface area (Å²) in [6.45, 7) is 3.63. The van der Waals surface area contributed by atoms with Crippen LogP contribution in [-0.4, -0.2) is 41.1 Å². The van der Waals surface area contributed by atoms with Gasteiger partial charge in [0.1, 0.15) is 12.5 Å². The highest BCUT2D eigenvalue weighted by atomic mass is 31.2. The third kappa shape index (κ3) is 4.00. The third-order valence-corrected chi connectivity index (χ3v) is 3.94. The molecule has 1 aliphatic rings. The molecule has 2 heterocycles. The Balaban J connectivity index is 2.06. The summed E-state index contributed by atoms with van der Waals surface area (Å²) in [6, 6.07) is 1.59. The van der Waals surface area contributed by atoms with Gasteiger partial charge in [-0.25, -0.2) is 9.79 Å². The van der Waals surface area contributed by atoms with E-state index in [1.54, 1.807) is 19.2 Å². The van der Waals surface area contributed by atoms with Crippen LogP contribution >= 0.6 is 7.37 Å². The van der Waals surface area contributed by atoms with Crippen LogP contribution < -0.4 is 11.4 Å². The molecule has 1 aliphatic heterocycles. The molecule has 0 aliphatic carbocycles. The van der Waals surface area contributed by atoms with Gasteiger partial charge in [0.25, 0.3) is 0 Å². The number of hydrogen-bond donors (Lipinski definition) is 1. The highest BCUT2D eigenvalue weighted by Crippen LogP contribution is 2.45. The lowest BCUT2D eigenvalue weighted by Crippen LogP contribution is -2.34. The fourth-order valence-electron chi connectivity index (χ4n) is 1.69. The first-order chi connectivity index (χ1) is 9.35. The van der Waals surface area contributed by atoms with Crippen molar-refractivity contribution >= 4 is 19.0 Å². The smallest absolute Gasteiger partial charge is 0.349 e. The van der Waals surface area contributed by atoms with Crippen LogP contribution in [-0.2, 0) is 20.4 Å². The van der Waals surface area contributed by atoms with Gasteiger partial charge in [-0.3, -0.25) is 9.13 Å². The lowest BCUT2D eigenvalue weighted by molar-refractivity contribution is 0.00381. The van der Waals surface area contributed by atoms with Gasteiger partial charge in [0.2, 0.25) is 7.37 Å². The zero-order valence-electron chi connectivity index (χ0n) is 11.4. The van der Waals surface area contributed by atoms with E-state index in [1.165, 1.54) is 11.2 Å². The molecule has 0 spiro atoms. The van der Waals surface area contributed by atoms with Gasteiger partial charge < -0.3 is 15.0 Å². The fourth-order valence-corrected chi connectivity index (χ4v) is 2.73. The Morgan fingerprint density at radius 1 is 1.70 bits per heavy atom. The summed E-state index contributed by atoms with van der Waals surface area (Å²) in [5.74, 6) is 0.600. The van der Waals surface area contributed by atoms with Gasteiger partial charge in [-0.15, -0.1) is 0 Å². The van der Waals surface area contributed by atoms with E-state index in [1.807, 2.05) is 0 Å². The molecule has 0 aromatic carbocycles. The standard InChI is InChI=1S/C11H17N4O4P/c1-8(12)13-10-3-4-15(11(16)14-10)5-9-6-19-20(2,17)7-18-9/h3-4,9H,5-7H2,1-2H3,(H2,12,13,14,16). The molecule has 20 heavy (non-hydrogen) atoms. The van der Waals surface area contributed by atoms with Crippen molar-refractivity contribution in [3.8, 4) is 0 Å². The minimum Gasteiger partial charge on any atom is -0.387 e. The van der Waals surface area contributed by atoms with Gasteiger partial charge in [0.05, 0.1) is 19.0 Å². The molecular weight excluding hydrogens is 283 g/mol. The van der Waals surface area contributed by atoms with Crippen molar-refractivity contribution in [1.82, 2.24) is 9.55 Å². The third-order valence-electron chi connectivity index (χ3n) is 2.63. The van der Waals surface area contributed by atoms with Crippen molar-refractivity contribution in [1.29, 1.82) is 0 Å². The first-order valence-corrected chi connectivity index (χ1v) is 8.32. The van der Waals surface area contributed by atoms with Crippen LogP contribution in [0.4, 0.5) is 5.82 Å².